The van der Waals surface area contributed by atoms with Gasteiger partial charge in [0.15, 0.2) is 0 Å². The predicted octanol–water partition coefficient (Wildman–Crippen LogP) is 3.04. The van der Waals surface area contributed by atoms with E-state index >= 15 is 0 Å². The smallest absolute Gasteiger partial charge is 0.229 e. The van der Waals surface area contributed by atoms with Gasteiger partial charge in [-0.25, -0.2) is 0 Å². The average Bonchev–Trinajstić information content (AvgIpc) is 2.94. The van der Waals surface area contributed by atoms with Crippen LogP contribution in [0.2, 0.25) is 5.02 Å². The van der Waals surface area contributed by atoms with E-state index in [1.165, 1.54) is 0 Å². The van der Waals surface area contributed by atoms with Crippen molar-refractivity contribution in [3.05, 3.63) is 53.3 Å². The Hall–Kier alpha value is -2.40. The molecule has 2 aromatic rings. The first kappa shape index (κ1) is 15.5. The molecule has 2 amide bonds. The van der Waals surface area contributed by atoms with Crippen LogP contribution in [0.5, 0.6) is 0 Å². The highest BCUT2D eigenvalue weighted by Crippen LogP contribution is 2.26. The number of nitrogens with zero attached hydrogens (tertiary/aromatic N) is 2. The van der Waals surface area contributed by atoms with Crippen molar-refractivity contribution in [2.45, 2.75) is 13.3 Å². The van der Waals surface area contributed by atoms with Crippen LogP contribution in [-0.4, -0.2) is 23.3 Å². The van der Waals surface area contributed by atoms with E-state index in [2.05, 4.69) is 10.3 Å². The lowest BCUT2D eigenvalue weighted by Crippen LogP contribution is -2.28. The number of nitrogens with one attached hydrogen (secondary N) is 1. The number of hydrogen-bond donors (Lipinski definition) is 1. The summed E-state index contributed by atoms with van der Waals surface area (Å²) in [6.07, 6.45) is 3.47. The summed E-state index contributed by atoms with van der Waals surface area (Å²) in [5.74, 6) is -0.632. The van der Waals surface area contributed by atoms with Crippen molar-refractivity contribution < 1.29 is 9.59 Å². The highest BCUT2D eigenvalue weighted by molar-refractivity contribution is 6.31. The van der Waals surface area contributed by atoms with Crippen LogP contribution in [0.1, 0.15) is 12.0 Å². The van der Waals surface area contributed by atoms with Crippen molar-refractivity contribution in [3.63, 3.8) is 0 Å². The number of carbonyl (C=O) groups is 2. The number of rotatable bonds is 3. The van der Waals surface area contributed by atoms with E-state index in [0.29, 0.717) is 22.9 Å². The van der Waals surface area contributed by atoms with Gasteiger partial charge in [-0.15, -0.1) is 0 Å². The maximum Gasteiger partial charge on any atom is 0.229 e. The number of aromatic nitrogens is 1. The first-order valence-corrected chi connectivity index (χ1v) is 7.70. The van der Waals surface area contributed by atoms with Gasteiger partial charge in [-0.2, -0.15) is 0 Å². The quantitative estimate of drug-likeness (QED) is 0.941. The Labute approximate surface area is 139 Å². The number of hydrogen-bond acceptors (Lipinski definition) is 3. The first-order chi connectivity index (χ1) is 11.0. The van der Waals surface area contributed by atoms with Crippen LogP contribution >= 0.6 is 11.6 Å². The Bertz CT molecular complexity index is 749. The van der Waals surface area contributed by atoms with Gasteiger partial charge in [0.1, 0.15) is 0 Å². The van der Waals surface area contributed by atoms with Gasteiger partial charge in [-0.3, -0.25) is 14.6 Å². The van der Waals surface area contributed by atoms with Gasteiger partial charge in [0.2, 0.25) is 11.8 Å². The third kappa shape index (κ3) is 3.35. The topological polar surface area (TPSA) is 62.3 Å². The van der Waals surface area contributed by atoms with Crippen molar-refractivity contribution >= 4 is 34.8 Å². The number of anilines is 2. The van der Waals surface area contributed by atoms with Crippen LogP contribution in [0.4, 0.5) is 11.4 Å². The molecule has 5 nitrogen and oxygen atoms in total. The standard InChI is InChI=1S/C17H16ClN3O2/c1-11-4-5-13(8-15(11)18)20-17(23)12-7-16(22)21(10-12)14-3-2-6-19-9-14/h2-6,8-9,12H,7,10H2,1H3,(H,20,23). The van der Waals surface area contributed by atoms with Gasteiger partial charge in [0, 0.05) is 29.9 Å². The van der Waals surface area contributed by atoms with E-state index in [1.54, 1.807) is 35.5 Å². The zero-order chi connectivity index (χ0) is 16.4. The van der Waals surface area contributed by atoms with E-state index < -0.39 is 0 Å². The third-order valence-corrected chi connectivity index (χ3v) is 4.30. The number of benzene rings is 1. The molecule has 1 saturated heterocycles. The van der Waals surface area contributed by atoms with Crippen molar-refractivity contribution in [2.75, 3.05) is 16.8 Å². The number of carbonyl (C=O) groups excluding carboxylic acids is 2. The van der Waals surface area contributed by atoms with Crippen LogP contribution in [0.25, 0.3) is 0 Å². The summed E-state index contributed by atoms with van der Waals surface area (Å²) in [6, 6.07) is 8.94. The Morgan fingerprint density at radius 3 is 2.91 bits per heavy atom. The highest BCUT2D eigenvalue weighted by Gasteiger charge is 2.35. The summed E-state index contributed by atoms with van der Waals surface area (Å²) in [4.78, 5) is 30.1. The van der Waals surface area contributed by atoms with Crippen LogP contribution < -0.4 is 10.2 Å². The van der Waals surface area contributed by atoms with Gasteiger partial charge in [-0.05, 0) is 36.8 Å². The van der Waals surface area contributed by atoms with E-state index in [1.807, 2.05) is 19.1 Å². The fourth-order valence-corrected chi connectivity index (χ4v) is 2.74. The Kier molecular flexibility index (Phi) is 4.30. The summed E-state index contributed by atoms with van der Waals surface area (Å²) >= 11 is 6.06. The molecule has 1 aromatic heterocycles. The summed E-state index contributed by atoms with van der Waals surface area (Å²) in [5.41, 5.74) is 2.30. The van der Waals surface area contributed by atoms with Crippen molar-refractivity contribution in [2.24, 2.45) is 5.92 Å². The zero-order valence-electron chi connectivity index (χ0n) is 12.6. The van der Waals surface area contributed by atoms with Gasteiger partial charge in [-0.1, -0.05) is 17.7 Å². The predicted molar refractivity (Wildman–Crippen MR) is 89.5 cm³/mol. The number of halogens is 1. The number of pyridine rings is 1. The number of amides is 2. The molecule has 2 heterocycles. The molecule has 6 heteroatoms. The van der Waals surface area contributed by atoms with Gasteiger partial charge in [0.05, 0.1) is 17.8 Å². The molecule has 0 radical (unpaired) electrons. The van der Waals surface area contributed by atoms with Crippen LogP contribution in [0.15, 0.2) is 42.7 Å². The molecule has 1 unspecified atom stereocenters. The van der Waals surface area contributed by atoms with Crippen LogP contribution in [0, 0.1) is 12.8 Å². The molecular formula is C17H16ClN3O2. The Morgan fingerprint density at radius 2 is 2.22 bits per heavy atom. The number of aryl methyl sites for hydroxylation is 1. The van der Waals surface area contributed by atoms with Crippen LogP contribution in [-0.2, 0) is 9.59 Å². The Morgan fingerprint density at radius 1 is 1.39 bits per heavy atom. The lowest BCUT2D eigenvalue weighted by molar-refractivity contribution is -0.122. The van der Waals surface area contributed by atoms with E-state index in [9.17, 15) is 9.59 Å². The Balaban J connectivity index is 1.69. The SMILES string of the molecule is Cc1ccc(NC(=O)C2CC(=O)N(c3cccnc3)C2)cc1Cl. The minimum Gasteiger partial charge on any atom is -0.326 e. The summed E-state index contributed by atoms with van der Waals surface area (Å²) in [5, 5.41) is 3.43. The minimum absolute atomic E-state index is 0.0694. The summed E-state index contributed by atoms with van der Waals surface area (Å²) < 4.78 is 0. The maximum atomic E-state index is 12.4. The molecule has 0 bridgehead atoms. The highest BCUT2D eigenvalue weighted by atomic mass is 35.5. The second-order valence-electron chi connectivity index (χ2n) is 5.57. The van der Waals surface area contributed by atoms with Gasteiger partial charge >= 0.3 is 0 Å². The first-order valence-electron chi connectivity index (χ1n) is 7.32. The molecular weight excluding hydrogens is 314 g/mol. The molecule has 1 atom stereocenters. The van der Waals surface area contributed by atoms with Gasteiger partial charge < -0.3 is 10.2 Å². The van der Waals surface area contributed by atoms with Crippen LogP contribution in [0.3, 0.4) is 0 Å². The minimum atomic E-state index is -0.386. The zero-order valence-corrected chi connectivity index (χ0v) is 13.4. The van der Waals surface area contributed by atoms with Gasteiger partial charge in [0.25, 0.3) is 0 Å². The fourth-order valence-electron chi connectivity index (χ4n) is 2.56. The van der Waals surface area contributed by atoms with E-state index in [0.717, 1.165) is 5.56 Å². The second-order valence-corrected chi connectivity index (χ2v) is 5.98. The van der Waals surface area contributed by atoms with E-state index in [-0.39, 0.29) is 24.2 Å². The summed E-state index contributed by atoms with van der Waals surface area (Å²) in [6.45, 7) is 2.26. The lowest BCUT2D eigenvalue weighted by Gasteiger charge is -2.16. The third-order valence-electron chi connectivity index (χ3n) is 3.89. The molecule has 1 aliphatic heterocycles. The molecule has 23 heavy (non-hydrogen) atoms. The average molecular weight is 330 g/mol. The van der Waals surface area contributed by atoms with E-state index in [4.69, 9.17) is 11.6 Å². The summed E-state index contributed by atoms with van der Waals surface area (Å²) in [7, 11) is 0. The molecule has 1 aromatic carbocycles. The molecule has 1 N–H and O–H groups in total. The fraction of sp³-hybridized carbons (Fsp3) is 0.235. The largest absolute Gasteiger partial charge is 0.326 e. The lowest BCUT2D eigenvalue weighted by atomic mass is 10.1. The molecule has 0 spiro atoms. The monoisotopic (exact) mass is 329 g/mol. The maximum absolute atomic E-state index is 12.4. The molecule has 1 aliphatic rings. The van der Waals surface area contributed by atoms with Crippen molar-refractivity contribution in [1.29, 1.82) is 0 Å². The van der Waals surface area contributed by atoms with Crippen molar-refractivity contribution in [3.8, 4) is 0 Å². The normalized spacial score (nSPS) is 17.4. The van der Waals surface area contributed by atoms with Crippen molar-refractivity contribution in [1.82, 2.24) is 4.98 Å². The molecule has 3 rings (SSSR count). The molecule has 0 saturated carbocycles. The second kappa shape index (κ2) is 6.38. The molecule has 0 aliphatic carbocycles. The molecule has 1 fully saturated rings. The molecule has 118 valence electrons.